The summed E-state index contributed by atoms with van der Waals surface area (Å²) in [4.78, 5) is 10.5. The van der Waals surface area contributed by atoms with Gasteiger partial charge in [-0.15, -0.1) is 11.3 Å². The SMILES string of the molecule is CCNC(=NCC(CCO)CC(C)C)NCCc1sc(C)nc1C. The fourth-order valence-electron chi connectivity index (χ4n) is 2.79. The molecule has 0 aliphatic carbocycles. The highest BCUT2D eigenvalue weighted by Gasteiger charge is 2.11. The largest absolute Gasteiger partial charge is 0.396 e. The molecule has 0 aromatic carbocycles. The van der Waals surface area contributed by atoms with Gasteiger partial charge in [0.1, 0.15) is 0 Å². The maximum Gasteiger partial charge on any atom is 0.191 e. The Labute approximate surface area is 151 Å². The van der Waals surface area contributed by atoms with E-state index in [4.69, 9.17) is 4.99 Å². The van der Waals surface area contributed by atoms with Crippen molar-refractivity contribution in [1.29, 1.82) is 0 Å². The monoisotopic (exact) mass is 354 g/mol. The van der Waals surface area contributed by atoms with E-state index in [1.807, 2.05) is 0 Å². The van der Waals surface area contributed by atoms with Crippen LogP contribution in [-0.4, -0.2) is 42.3 Å². The highest BCUT2D eigenvalue weighted by molar-refractivity contribution is 7.11. The standard InChI is InChI=1S/C18H34N4OS/c1-6-19-18(21-12-16(8-10-23)11-13(2)3)20-9-7-17-14(4)22-15(5)24-17/h13,16,23H,6-12H2,1-5H3,(H2,19,20,21). The van der Waals surface area contributed by atoms with Crippen molar-refractivity contribution in [1.82, 2.24) is 15.6 Å². The summed E-state index contributed by atoms with van der Waals surface area (Å²) in [6, 6.07) is 0. The summed E-state index contributed by atoms with van der Waals surface area (Å²) in [5, 5.41) is 17.1. The Morgan fingerprint density at radius 2 is 2.04 bits per heavy atom. The van der Waals surface area contributed by atoms with Gasteiger partial charge in [-0.25, -0.2) is 4.98 Å². The number of aliphatic hydroxyl groups is 1. The minimum Gasteiger partial charge on any atom is -0.396 e. The molecule has 0 aliphatic heterocycles. The number of aryl methyl sites for hydroxylation is 2. The zero-order chi connectivity index (χ0) is 17.9. The molecule has 24 heavy (non-hydrogen) atoms. The van der Waals surface area contributed by atoms with Crippen LogP contribution in [0.5, 0.6) is 0 Å². The molecule has 0 aliphatic rings. The lowest BCUT2D eigenvalue weighted by Crippen LogP contribution is -2.38. The van der Waals surface area contributed by atoms with Crippen molar-refractivity contribution >= 4 is 17.3 Å². The Bertz CT molecular complexity index is 499. The van der Waals surface area contributed by atoms with Crippen molar-refractivity contribution in [3.05, 3.63) is 15.6 Å². The van der Waals surface area contributed by atoms with Crippen LogP contribution in [0.25, 0.3) is 0 Å². The number of hydrogen-bond donors (Lipinski definition) is 3. The Morgan fingerprint density at radius 3 is 2.58 bits per heavy atom. The molecule has 1 rings (SSSR count). The second-order valence-electron chi connectivity index (χ2n) is 6.65. The number of thiazole rings is 1. The van der Waals surface area contributed by atoms with Crippen LogP contribution in [0.15, 0.2) is 4.99 Å². The molecule has 1 unspecified atom stereocenters. The van der Waals surface area contributed by atoms with Crippen LogP contribution in [0, 0.1) is 25.7 Å². The molecular weight excluding hydrogens is 320 g/mol. The summed E-state index contributed by atoms with van der Waals surface area (Å²) in [7, 11) is 0. The molecule has 0 spiro atoms. The van der Waals surface area contributed by atoms with Crippen molar-refractivity contribution in [2.24, 2.45) is 16.8 Å². The molecule has 1 aromatic heterocycles. The summed E-state index contributed by atoms with van der Waals surface area (Å²) in [6.07, 6.45) is 2.89. The maximum atomic E-state index is 9.23. The number of nitrogens with one attached hydrogen (secondary N) is 2. The molecule has 0 fully saturated rings. The highest BCUT2D eigenvalue weighted by atomic mass is 32.1. The second-order valence-corrected chi connectivity index (χ2v) is 7.93. The lowest BCUT2D eigenvalue weighted by Gasteiger charge is -2.17. The van der Waals surface area contributed by atoms with E-state index in [1.165, 1.54) is 4.88 Å². The average Bonchev–Trinajstić information content (AvgIpc) is 2.82. The van der Waals surface area contributed by atoms with Crippen molar-refractivity contribution in [3.8, 4) is 0 Å². The molecule has 0 radical (unpaired) electrons. The third-order valence-electron chi connectivity index (χ3n) is 3.84. The van der Waals surface area contributed by atoms with E-state index in [0.717, 1.165) is 55.6 Å². The quantitative estimate of drug-likeness (QED) is 0.446. The average molecular weight is 355 g/mol. The Morgan fingerprint density at radius 1 is 1.29 bits per heavy atom. The van der Waals surface area contributed by atoms with E-state index in [-0.39, 0.29) is 6.61 Å². The smallest absolute Gasteiger partial charge is 0.191 e. The van der Waals surface area contributed by atoms with Gasteiger partial charge in [-0.2, -0.15) is 0 Å². The van der Waals surface area contributed by atoms with Gasteiger partial charge in [0.25, 0.3) is 0 Å². The first-order chi connectivity index (χ1) is 11.5. The summed E-state index contributed by atoms with van der Waals surface area (Å²) >= 11 is 1.77. The summed E-state index contributed by atoms with van der Waals surface area (Å²) < 4.78 is 0. The zero-order valence-electron chi connectivity index (χ0n) is 15.9. The van der Waals surface area contributed by atoms with Gasteiger partial charge in [-0.05, 0) is 45.4 Å². The van der Waals surface area contributed by atoms with Crippen molar-refractivity contribution in [2.75, 3.05) is 26.2 Å². The lowest BCUT2D eigenvalue weighted by atomic mass is 9.94. The number of aliphatic imine (C=N–C) groups is 1. The minimum atomic E-state index is 0.237. The molecule has 6 heteroatoms. The number of aliphatic hydroxyl groups excluding tert-OH is 1. The van der Waals surface area contributed by atoms with E-state index >= 15 is 0 Å². The van der Waals surface area contributed by atoms with E-state index in [2.05, 4.69) is 50.2 Å². The van der Waals surface area contributed by atoms with Crippen LogP contribution < -0.4 is 10.6 Å². The van der Waals surface area contributed by atoms with Gasteiger partial charge in [0.2, 0.25) is 0 Å². The molecular formula is C18H34N4OS. The van der Waals surface area contributed by atoms with Crippen LogP contribution in [0.1, 0.15) is 49.2 Å². The molecule has 3 N–H and O–H groups in total. The first-order valence-corrected chi connectivity index (χ1v) is 9.83. The van der Waals surface area contributed by atoms with Crippen molar-refractivity contribution in [3.63, 3.8) is 0 Å². The Hall–Kier alpha value is -1.14. The lowest BCUT2D eigenvalue weighted by molar-refractivity contribution is 0.245. The summed E-state index contributed by atoms with van der Waals surface area (Å²) in [6.45, 7) is 13.3. The van der Waals surface area contributed by atoms with Gasteiger partial charge >= 0.3 is 0 Å². The van der Waals surface area contributed by atoms with Crippen molar-refractivity contribution < 1.29 is 5.11 Å². The fraction of sp³-hybridized carbons (Fsp3) is 0.778. The number of aromatic nitrogens is 1. The molecule has 1 aromatic rings. The Kier molecular flexibility index (Phi) is 9.95. The minimum absolute atomic E-state index is 0.237. The zero-order valence-corrected chi connectivity index (χ0v) is 16.7. The molecule has 1 heterocycles. The molecule has 1 atom stereocenters. The molecule has 0 bridgehead atoms. The normalized spacial score (nSPS) is 13.4. The third kappa shape index (κ3) is 8.11. The molecule has 0 saturated heterocycles. The summed E-state index contributed by atoms with van der Waals surface area (Å²) in [5.74, 6) is 1.93. The number of hydrogen-bond acceptors (Lipinski definition) is 4. The van der Waals surface area contributed by atoms with Crippen LogP contribution in [0.4, 0.5) is 0 Å². The van der Waals surface area contributed by atoms with E-state index in [9.17, 15) is 5.11 Å². The topological polar surface area (TPSA) is 69.5 Å². The van der Waals surface area contributed by atoms with Crippen LogP contribution in [-0.2, 0) is 6.42 Å². The van der Waals surface area contributed by atoms with Gasteiger partial charge in [-0.1, -0.05) is 13.8 Å². The van der Waals surface area contributed by atoms with E-state index in [1.54, 1.807) is 11.3 Å². The number of nitrogens with zero attached hydrogens (tertiary/aromatic N) is 2. The van der Waals surface area contributed by atoms with Gasteiger partial charge in [0.05, 0.1) is 10.7 Å². The van der Waals surface area contributed by atoms with E-state index in [0.29, 0.717) is 11.8 Å². The Balaban J connectivity index is 2.53. The van der Waals surface area contributed by atoms with Crippen molar-refractivity contribution in [2.45, 2.75) is 53.9 Å². The fourth-order valence-corrected chi connectivity index (χ4v) is 3.73. The van der Waals surface area contributed by atoms with Crippen LogP contribution in [0.2, 0.25) is 0 Å². The summed E-state index contributed by atoms with van der Waals surface area (Å²) in [5.41, 5.74) is 1.14. The first kappa shape index (κ1) is 20.9. The van der Waals surface area contributed by atoms with Crippen LogP contribution >= 0.6 is 11.3 Å². The third-order valence-corrected chi connectivity index (χ3v) is 4.97. The van der Waals surface area contributed by atoms with Crippen LogP contribution in [0.3, 0.4) is 0 Å². The molecule has 0 amide bonds. The predicted molar refractivity (Wildman–Crippen MR) is 104 cm³/mol. The molecule has 5 nitrogen and oxygen atoms in total. The van der Waals surface area contributed by atoms with E-state index < -0.39 is 0 Å². The molecule has 0 saturated carbocycles. The second kappa shape index (κ2) is 11.4. The highest BCUT2D eigenvalue weighted by Crippen LogP contribution is 2.17. The molecule has 138 valence electrons. The predicted octanol–water partition coefficient (Wildman–Crippen LogP) is 2.90. The van der Waals surface area contributed by atoms with Gasteiger partial charge in [0, 0.05) is 37.5 Å². The number of rotatable bonds is 10. The van der Waals surface area contributed by atoms with Gasteiger partial charge in [0.15, 0.2) is 5.96 Å². The maximum absolute atomic E-state index is 9.23. The van der Waals surface area contributed by atoms with Gasteiger partial charge < -0.3 is 15.7 Å². The first-order valence-electron chi connectivity index (χ1n) is 9.02. The van der Waals surface area contributed by atoms with Gasteiger partial charge in [-0.3, -0.25) is 4.99 Å². The number of guanidine groups is 1.